The topological polar surface area (TPSA) is 70.9 Å². The second-order valence-electron chi connectivity index (χ2n) is 4.70. The van der Waals surface area contributed by atoms with E-state index in [4.69, 9.17) is 9.94 Å². The van der Waals surface area contributed by atoms with Gasteiger partial charge >= 0.3 is 6.09 Å². The molecule has 5 heteroatoms. The van der Waals surface area contributed by atoms with Gasteiger partial charge in [0.2, 0.25) is 0 Å². The monoisotopic (exact) mass is 244 g/mol. The summed E-state index contributed by atoms with van der Waals surface area (Å²) in [5, 5.41) is 13.8. The standard InChI is InChI=1S/C12H24N2O3/c1-6-10(7-2)12(4,5)17-11(15)14-9(3)8-13-16/h8-10,16H,6-7H2,1-5H3,(H,14,15). The molecule has 0 aliphatic rings. The number of ether oxygens (including phenoxy) is 1. The zero-order chi connectivity index (χ0) is 13.5. The predicted molar refractivity (Wildman–Crippen MR) is 67.5 cm³/mol. The summed E-state index contributed by atoms with van der Waals surface area (Å²) in [5.41, 5.74) is -0.496. The molecule has 0 saturated heterocycles. The molecule has 0 bridgehead atoms. The van der Waals surface area contributed by atoms with Crippen LogP contribution in [0, 0.1) is 5.92 Å². The van der Waals surface area contributed by atoms with Gasteiger partial charge in [0.25, 0.3) is 0 Å². The van der Waals surface area contributed by atoms with Gasteiger partial charge in [0.05, 0.1) is 12.3 Å². The molecular formula is C12H24N2O3. The first-order chi connectivity index (χ1) is 7.87. The van der Waals surface area contributed by atoms with Gasteiger partial charge < -0.3 is 15.3 Å². The zero-order valence-corrected chi connectivity index (χ0v) is 11.4. The highest BCUT2D eigenvalue weighted by Crippen LogP contribution is 2.27. The van der Waals surface area contributed by atoms with Gasteiger partial charge in [0.1, 0.15) is 5.60 Å². The summed E-state index contributed by atoms with van der Waals surface area (Å²) < 4.78 is 5.41. The molecule has 0 spiro atoms. The molecule has 0 aliphatic carbocycles. The van der Waals surface area contributed by atoms with E-state index in [1.165, 1.54) is 6.21 Å². The maximum atomic E-state index is 11.6. The molecule has 0 heterocycles. The third kappa shape index (κ3) is 5.56. The van der Waals surface area contributed by atoms with E-state index in [0.717, 1.165) is 12.8 Å². The van der Waals surface area contributed by atoms with Gasteiger partial charge in [0, 0.05) is 0 Å². The molecule has 17 heavy (non-hydrogen) atoms. The molecule has 1 atom stereocenters. The number of carbonyl (C=O) groups is 1. The molecule has 0 fully saturated rings. The maximum Gasteiger partial charge on any atom is 0.408 e. The lowest BCUT2D eigenvalue weighted by molar-refractivity contribution is -0.00918. The van der Waals surface area contributed by atoms with Crippen molar-refractivity contribution in [2.24, 2.45) is 11.1 Å². The number of alkyl carbamates (subject to hydrolysis) is 1. The van der Waals surface area contributed by atoms with Crippen LogP contribution in [-0.2, 0) is 4.74 Å². The molecule has 0 radical (unpaired) electrons. The van der Waals surface area contributed by atoms with Crippen molar-refractivity contribution >= 4 is 12.3 Å². The Morgan fingerprint density at radius 3 is 2.41 bits per heavy atom. The Balaban J connectivity index is 4.35. The Morgan fingerprint density at radius 1 is 1.47 bits per heavy atom. The van der Waals surface area contributed by atoms with Gasteiger partial charge in [-0.15, -0.1) is 0 Å². The Bertz CT molecular complexity index is 260. The van der Waals surface area contributed by atoms with Gasteiger partial charge in [-0.05, 0) is 39.5 Å². The van der Waals surface area contributed by atoms with E-state index in [-0.39, 0.29) is 6.04 Å². The normalized spacial score (nSPS) is 14.0. The molecule has 0 aliphatic heterocycles. The molecule has 5 nitrogen and oxygen atoms in total. The van der Waals surface area contributed by atoms with Crippen molar-refractivity contribution < 1.29 is 14.7 Å². The van der Waals surface area contributed by atoms with E-state index in [1.54, 1.807) is 6.92 Å². The minimum absolute atomic E-state index is 0.329. The fourth-order valence-electron chi connectivity index (χ4n) is 1.95. The van der Waals surface area contributed by atoms with Crippen molar-refractivity contribution in [2.75, 3.05) is 0 Å². The lowest BCUT2D eigenvalue weighted by atomic mass is 9.86. The first-order valence-electron chi connectivity index (χ1n) is 6.04. The predicted octanol–water partition coefficient (Wildman–Crippen LogP) is 2.78. The number of nitrogens with zero attached hydrogens (tertiary/aromatic N) is 1. The zero-order valence-electron chi connectivity index (χ0n) is 11.4. The second-order valence-corrected chi connectivity index (χ2v) is 4.70. The van der Waals surface area contributed by atoms with Gasteiger partial charge in [-0.3, -0.25) is 0 Å². The number of rotatable bonds is 6. The molecule has 2 N–H and O–H groups in total. The summed E-state index contributed by atoms with van der Waals surface area (Å²) in [6, 6.07) is -0.356. The summed E-state index contributed by atoms with van der Waals surface area (Å²) in [6.45, 7) is 9.69. The molecular weight excluding hydrogens is 220 g/mol. The van der Waals surface area contributed by atoms with Crippen molar-refractivity contribution in [3.05, 3.63) is 0 Å². The molecule has 1 amide bonds. The van der Waals surface area contributed by atoms with E-state index < -0.39 is 11.7 Å². The van der Waals surface area contributed by atoms with Crippen molar-refractivity contribution in [3.8, 4) is 0 Å². The molecule has 0 aromatic rings. The molecule has 0 aromatic heterocycles. The lowest BCUT2D eigenvalue weighted by Gasteiger charge is -2.33. The summed E-state index contributed by atoms with van der Waals surface area (Å²) in [7, 11) is 0. The number of amides is 1. The Kier molecular flexibility index (Phi) is 6.61. The van der Waals surface area contributed by atoms with Crippen molar-refractivity contribution in [1.82, 2.24) is 5.32 Å². The lowest BCUT2D eigenvalue weighted by Crippen LogP contribution is -2.43. The fourth-order valence-corrected chi connectivity index (χ4v) is 1.95. The van der Waals surface area contributed by atoms with Crippen LogP contribution in [0.25, 0.3) is 0 Å². The number of hydrogen-bond donors (Lipinski definition) is 2. The second kappa shape index (κ2) is 7.14. The van der Waals surface area contributed by atoms with Crippen LogP contribution < -0.4 is 5.32 Å². The largest absolute Gasteiger partial charge is 0.443 e. The summed E-state index contributed by atoms with van der Waals surface area (Å²) in [5.74, 6) is 0.329. The highest BCUT2D eigenvalue weighted by atomic mass is 16.6. The van der Waals surface area contributed by atoms with E-state index in [2.05, 4.69) is 24.3 Å². The Labute approximate surface area is 103 Å². The summed E-state index contributed by atoms with van der Waals surface area (Å²) >= 11 is 0. The third-order valence-electron chi connectivity index (χ3n) is 2.96. The van der Waals surface area contributed by atoms with Crippen molar-refractivity contribution in [3.63, 3.8) is 0 Å². The molecule has 100 valence electrons. The number of hydrogen-bond acceptors (Lipinski definition) is 4. The van der Waals surface area contributed by atoms with Gasteiger partial charge in [-0.2, -0.15) is 0 Å². The van der Waals surface area contributed by atoms with Crippen LogP contribution in [-0.4, -0.2) is 29.2 Å². The van der Waals surface area contributed by atoms with E-state index in [0.29, 0.717) is 5.92 Å². The minimum atomic E-state index is -0.496. The summed E-state index contributed by atoms with van der Waals surface area (Å²) in [6.07, 6.45) is 2.66. The van der Waals surface area contributed by atoms with Crippen molar-refractivity contribution in [1.29, 1.82) is 0 Å². The smallest absolute Gasteiger partial charge is 0.408 e. The van der Waals surface area contributed by atoms with Gasteiger partial charge in [-0.25, -0.2) is 4.79 Å². The fraction of sp³-hybridized carbons (Fsp3) is 0.833. The quantitative estimate of drug-likeness (QED) is 0.429. The maximum absolute atomic E-state index is 11.6. The first-order valence-corrected chi connectivity index (χ1v) is 6.04. The van der Waals surface area contributed by atoms with Crippen molar-refractivity contribution in [2.45, 2.75) is 59.1 Å². The highest BCUT2D eigenvalue weighted by Gasteiger charge is 2.31. The number of nitrogens with one attached hydrogen (secondary N) is 1. The van der Waals surface area contributed by atoms with Crippen LogP contribution in [0.4, 0.5) is 4.79 Å². The summed E-state index contributed by atoms with van der Waals surface area (Å²) in [4.78, 5) is 11.6. The molecule has 0 aromatic carbocycles. The van der Waals surface area contributed by atoms with Crippen LogP contribution >= 0.6 is 0 Å². The SMILES string of the molecule is CCC(CC)C(C)(C)OC(=O)NC(C)C=NO. The molecule has 1 unspecified atom stereocenters. The Morgan fingerprint density at radius 2 is 2.00 bits per heavy atom. The van der Waals surface area contributed by atoms with E-state index >= 15 is 0 Å². The molecule has 0 rings (SSSR count). The average molecular weight is 244 g/mol. The number of oxime groups is 1. The highest BCUT2D eigenvalue weighted by molar-refractivity contribution is 5.74. The van der Waals surface area contributed by atoms with Gasteiger partial charge in [-0.1, -0.05) is 19.0 Å². The van der Waals surface area contributed by atoms with E-state index in [9.17, 15) is 4.79 Å². The van der Waals surface area contributed by atoms with Crippen LogP contribution in [0.15, 0.2) is 5.16 Å². The number of carbonyl (C=O) groups excluding carboxylic acids is 1. The van der Waals surface area contributed by atoms with Crippen LogP contribution in [0.1, 0.15) is 47.5 Å². The van der Waals surface area contributed by atoms with Crippen LogP contribution in [0.3, 0.4) is 0 Å². The van der Waals surface area contributed by atoms with Gasteiger partial charge in [0.15, 0.2) is 0 Å². The Hall–Kier alpha value is -1.26. The van der Waals surface area contributed by atoms with Crippen LogP contribution in [0.5, 0.6) is 0 Å². The molecule has 0 saturated carbocycles. The average Bonchev–Trinajstić information content (AvgIpc) is 2.17. The first kappa shape index (κ1) is 15.7. The van der Waals surface area contributed by atoms with Crippen LogP contribution in [0.2, 0.25) is 0 Å². The minimum Gasteiger partial charge on any atom is -0.443 e. The van der Waals surface area contributed by atoms with E-state index in [1.807, 2.05) is 13.8 Å². The third-order valence-corrected chi connectivity index (χ3v) is 2.96.